The molecule has 0 spiro atoms. The molecule has 0 saturated heterocycles. The van der Waals surface area contributed by atoms with Gasteiger partial charge in [-0.25, -0.2) is 0 Å². The highest BCUT2D eigenvalue weighted by molar-refractivity contribution is 6.32. The van der Waals surface area contributed by atoms with Crippen LogP contribution in [0, 0.1) is 20.8 Å². The molecule has 66 valence electrons. The van der Waals surface area contributed by atoms with Crippen molar-refractivity contribution in [2.24, 2.45) is 0 Å². The molecule has 1 aromatic rings. The molecule has 12 heavy (non-hydrogen) atoms. The minimum absolute atomic E-state index is 0.812. The molecule has 0 saturated carbocycles. The summed E-state index contributed by atoms with van der Waals surface area (Å²) in [5.74, 6) is 0.864. The zero-order chi connectivity index (χ0) is 9.30. The van der Waals surface area contributed by atoms with Gasteiger partial charge in [0.2, 0.25) is 0 Å². The number of benzene rings is 1. The van der Waals surface area contributed by atoms with Crippen molar-refractivity contribution in [2.75, 3.05) is 7.11 Å². The standard InChI is InChI=1S/C10H13ClO/c1-6-5-9(12-4)8(3)10(11)7(6)2/h5H,1-4H3. The van der Waals surface area contributed by atoms with Gasteiger partial charge in [-0.05, 0) is 38.0 Å². The average molecular weight is 185 g/mol. The highest BCUT2D eigenvalue weighted by Crippen LogP contribution is 2.30. The molecule has 0 heterocycles. The van der Waals surface area contributed by atoms with Crippen LogP contribution in [0.3, 0.4) is 0 Å². The van der Waals surface area contributed by atoms with Crippen LogP contribution in [0.5, 0.6) is 5.75 Å². The van der Waals surface area contributed by atoms with Crippen LogP contribution in [0.2, 0.25) is 5.02 Å². The van der Waals surface area contributed by atoms with Gasteiger partial charge in [0.15, 0.2) is 0 Å². The Hall–Kier alpha value is -0.690. The third-order valence-electron chi connectivity index (χ3n) is 2.19. The van der Waals surface area contributed by atoms with Gasteiger partial charge in [-0.2, -0.15) is 0 Å². The highest BCUT2D eigenvalue weighted by Gasteiger charge is 2.07. The van der Waals surface area contributed by atoms with Crippen LogP contribution in [0.25, 0.3) is 0 Å². The summed E-state index contributed by atoms with van der Waals surface area (Å²) in [5, 5.41) is 0.812. The third kappa shape index (κ3) is 1.42. The maximum absolute atomic E-state index is 6.09. The fraction of sp³-hybridized carbons (Fsp3) is 0.400. The van der Waals surface area contributed by atoms with Crippen LogP contribution in [0.1, 0.15) is 16.7 Å². The predicted molar refractivity (Wildman–Crippen MR) is 52.2 cm³/mol. The summed E-state index contributed by atoms with van der Waals surface area (Å²) in [7, 11) is 1.66. The Bertz CT molecular complexity index is 305. The molecule has 1 rings (SSSR count). The second kappa shape index (κ2) is 3.36. The first-order valence-electron chi connectivity index (χ1n) is 3.88. The zero-order valence-corrected chi connectivity index (χ0v) is 8.62. The number of hydrogen-bond acceptors (Lipinski definition) is 1. The maximum Gasteiger partial charge on any atom is 0.123 e. The van der Waals surface area contributed by atoms with Gasteiger partial charge < -0.3 is 4.74 Å². The minimum atomic E-state index is 0.812. The van der Waals surface area contributed by atoms with E-state index >= 15 is 0 Å². The molecule has 0 aliphatic carbocycles. The van der Waals surface area contributed by atoms with E-state index in [1.165, 1.54) is 5.56 Å². The summed E-state index contributed by atoms with van der Waals surface area (Å²) >= 11 is 6.09. The third-order valence-corrected chi connectivity index (χ3v) is 2.75. The first-order valence-corrected chi connectivity index (χ1v) is 4.26. The molecule has 0 aliphatic rings. The summed E-state index contributed by atoms with van der Waals surface area (Å²) < 4.78 is 5.18. The first-order chi connectivity index (χ1) is 5.57. The van der Waals surface area contributed by atoms with Crippen LogP contribution in [0.4, 0.5) is 0 Å². The van der Waals surface area contributed by atoms with E-state index in [9.17, 15) is 0 Å². The number of methoxy groups -OCH3 is 1. The van der Waals surface area contributed by atoms with E-state index in [1.807, 2.05) is 26.8 Å². The van der Waals surface area contributed by atoms with Crippen LogP contribution in [-0.2, 0) is 0 Å². The Morgan fingerprint density at radius 3 is 2.25 bits per heavy atom. The van der Waals surface area contributed by atoms with E-state index in [0.717, 1.165) is 21.9 Å². The summed E-state index contributed by atoms with van der Waals surface area (Å²) in [6, 6.07) is 2.01. The fourth-order valence-corrected chi connectivity index (χ4v) is 1.43. The van der Waals surface area contributed by atoms with E-state index in [-0.39, 0.29) is 0 Å². The second-order valence-corrected chi connectivity index (χ2v) is 3.34. The monoisotopic (exact) mass is 184 g/mol. The second-order valence-electron chi connectivity index (χ2n) is 2.96. The lowest BCUT2D eigenvalue weighted by atomic mass is 10.1. The SMILES string of the molecule is COc1cc(C)c(C)c(Cl)c1C. The van der Waals surface area contributed by atoms with Crippen molar-refractivity contribution < 1.29 is 4.74 Å². The summed E-state index contributed by atoms with van der Waals surface area (Å²) in [5.41, 5.74) is 3.32. The highest BCUT2D eigenvalue weighted by atomic mass is 35.5. The molecule has 0 atom stereocenters. The first kappa shape index (κ1) is 9.40. The molecule has 0 bridgehead atoms. The molecule has 1 aromatic carbocycles. The molecule has 0 N–H and O–H groups in total. The molecule has 0 amide bonds. The van der Waals surface area contributed by atoms with Crippen LogP contribution >= 0.6 is 11.6 Å². The van der Waals surface area contributed by atoms with Gasteiger partial charge in [0.1, 0.15) is 5.75 Å². The van der Waals surface area contributed by atoms with Crippen molar-refractivity contribution in [3.63, 3.8) is 0 Å². The summed E-state index contributed by atoms with van der Waals surface area (Å²) in [6.07, 6.45) is 0. The lowest BCUT2D eigenvalue weighted by molar-refractivity contribution is 0.411. The van der Waals surface area contributed by atoms with Crippen LogP contribution in [0.15, 0.2) is 6.07 Å². The van der Waals surface area contributed by atoms with Gasteiger partial charge in [0, 0.05) is 5.56 Å². The predicted octanol–water partition coefficient (Wildman–Crippen LogP) is 3.27. The van der Waals surface area contributed by atoms with Crippen molar-refractivity contribution in [3.05, 3.63) is 27.8 Å². The van der Waals surface area contributed by atoms with E-state index in [0.29, 0.717) is 0 Å². The Morgan fingerprint density at radius 2 is 1.75 bits per heavy atom. The molecular formula is C10H13ClO. The molecule has 0 aliphatic heterocycles. The van der Waals surface area contributed by atoms with Crippen LogP contribution in [-0.4, -0.2) is 7.11 Å². The number of hydrogen-bond donors (Lipinski definition) is 0. The lowest BCUT2D eigenvalue weighted by Crippen LogP contribution is -1.92. The Labute approximate surface area is 78.3 Å². The van der Waals surface area contributed by atoms with Crippen LogP contribution < -0.4 is 4.74 Å². The fourth-order valence-electron chi connectivity index (χ4n) is 1.19. The number of halogens is 1. The molecule has 0 aromatic heterocycles. The minimum Gasteiger partial charge on any atom is -0.496 e. The Kier molecular flexibility index (Phi) is 2.63. The van der Waals surface area contributed by atoms with Crippen molar-refractivity contribution in [3.8, 4) is 5.75 Å². The molecule has 0 radical (unpaired) electrons. The molecule has 1 nitrogen and oxygen atoms in total. The average Bonchev–Trinajstić information content (AvgIpc) is 2.08. The van der Waals surface area contributed by atoms with E-state index in [1.54, 1.807) is 7.11 Å². The normalized spacial score (nSPS) is 10.1. The number of ether oxygens (including phenoxy) is 1. The summed E-state index contributed by atoms with van der Waals surface area (Å²) in [4.78, 5) is 0. The lowest BCUT2D eigenvalue weighted by Gasteiger charge is -2.10. The maximum atomic E-state index is 6.09. The van der Waals surface area contributed by atoms with E-state index in [2.05, 4.69) is 0 Å². The largest absolute Gasteiger partial charge is 0.496 e. The Balaban J connectivity index is 3.39. The van der Waals surface area contributed by atoms with Gasteiger partial charge in [-0.1, -0.05) is 11.6 Å². The van der Waals surface area contributed by atoms with Crippen molar-refractivity contribution in [1.29, 1.82) is 0 Å². The van der Waals surface area contributed by atoms with Gasteiger partial charge in [0.25, 0.3) is 0 Å². The summed E-state index contributed by atoms with van der Waals surface area (Å²) in [6.45, 7) is 6.01. The molecule has 2 heteroatoms. The van der Waals surface area contributed by atoms with E-state index < -0.39 is 0 Å². The molecule has 0 fully saturated rings. The van der Waals surface area contributed by atoms with Crippen molar-refractivity contribution in [1.82, 2.24) is 0 Å². The quantitative estimate of drug-likeness (QED) is 0.651. The molecule has 0 unspecified atom stereocenters. The Morgan fingerprint density at radius 1 is 1.17 bits per heavy atom. The smallest absolute Gasteiger partial charge is 0.123 e. The van der Waals surface area contributed by atoms with Gasteiger partial charge in [0.05, 0.1) is 12.1 Å². The van der Waals surface area contributed by atoms with Gasteiger partial charge in [-0.15, -0.1) is 0 Å². The van der Waals surface area contributed by atoms with Gasteiger partial charge >= 0.3 is 0 Å². The number of aryl methyl sites for hydroxylation is 1. The number of rotatable bonds is 1. The van der Waals surface area contributed by atoms with E-state index in [4.69, 9.17) is 16.3 Å². The van der Waals surface area contributed by atoms with Crippen molar-refractivity contribution in [2.45, 2.75) is 20.8 Å². The topological polar surface area (TPSA) is 9.23 Å². The van der Waals surface area contributed by atoms with Gasteiger partial charge in [-0.3, -0.25) is 0 Å². The van der Waals surface area contributed by atoms with Crippen molar-refractivity contribution >= 4 is 11.6 Å². The molecular weight excluding hydrogens is 172 g/mol. The zero-order valence-electron chi connectivity index (χ0n) is 7.86.